The molecule has 1 aromatic carbocycles. The van der Waals surface area contributed by atoms with Crippen molar-refractivity contribution in [3.63, 3.8) is 0 Å². The number of hydrogen-bond acceptors (Lipinski definition) is 4. The summed E-state index contributed by atoms with van der Waals surface area (Å²) in [7, 11) is 3.96. The van der Waals surface area contributed by atoms with Gasteiger partial charge < -0.3 is 9.80 Å². The number of carbonyl (C=O) groups excluding carboxylic acids is 1. The molecule has 3 aromatic rings. The minimum Gasteiger partial charge on any atom is -0.363 e. The van der Waals surface area contributed by atoms with Crippen molar-refractivity contribution in [2.75, 3.05) is 25.5 Å². The van der Waals surface area contributed by atoms with Gasteiger partial charge in [0.15, 0.2) is 0 Å². The third-order valence-corrected chi connectivity index (χ3v) is 4.98. The normalized spacial score (nSPS) is 16.8. The van der Waals surface area contributed by atoms with Gasteiger partial charge in [-0.05, 0) is 54.8 Å². The number of fused-ring (bicyclic) bond motifs is 1. The van der Waals surface area contributed by atoms with Crippen molar-refractivity contribution in [1.82, 2.24) is 14.9 Å². The summed E-state index contributed by atoms with van der Waals surface area (Å²) in [6, 6.07) is 13.8. The Morgan fingerprint density at radius 2 is 2.00 bits per heavy atom. The van der Waals surface area contributed by atoms with E-state index in [2.05, 4.69) is 16.0 Å². The SMILES string of the molecule is CN(C)c1cc([C@H]2CCCN2C(=O)c2ccc3ncccc3c2)ccn1. The first-order chi connectivity index (χ1) is 12.6. The molecule has 1 atom stereocenters. The molecule has 2 aromatic heterocycles. The van der Waals surface area contributed by atoms with E-state index in [0.29, 0.717) is 0 Å². The Hall–Kier alpha value is -2.95. The fourth-order valence-electron chi connectivity index (χ4n) is 3.62. The molecule has 0 unspecified atom stereocenters. The molecule has 3 heterocycles. The fraction of sp³-hybridized carbons (Fsp3) is 0.286. The molecular formula is C21H22N4O. The predicted molar refractivity (Wildman–Crippen MR) is 103 cm³/mol. The van der Waals surface area contributed by atoms with Crippen molar-refractivity contribution in [3.05, 3.63) is 66.0 Å². The van der Waals surface area contributed by atoms with E-state index < -0.39 is 0 Å². The second-order valence-electron chi connectivity index (χ2n) is 6.91. The lowest BCUT2D eigenvalue weighted by atomic mass is 10.0. The number of anilines is 1. The number of likely N-dealkylation sites (tertiary alicyclic amines) is 1. The quantitative estimate of drug-likeness (QED) is 0.726. The Morgan fingerprint density at radius 1 is 1.12 bits per heavy atom. The van der Waals surface area contributed by atoms with Gasteiger partial charge in [-0.25, -0.2) is 4.98 Å². The number of benzene rings is 1. The second kappa shape index (κ2) is 6.75. The van der Waals surface area contributed by atoms with Crippen LogP contribution in [0.4, 0.5) is 5.82 Å². The van der Waals surface area contributed by atoms with Crippen molar-refractivity contribution < 1.29 is 4.79 Å². The smallest absolute Gasteiger partial charge is 0.254 e. The minimum atomic E-state index is 0.0847. The van der Waals surface area contributed by atoms with Crippen molar-refractivity contribution >= 4 is 22.6 Å². The second-order valence-corrected chi connectivity index (χ2v) is 6.91. The highest BCUT2D eigenvalue weighted by Gasteiger charge is 2.31. The van der Waals surface area contributed by atoms with Gasteiger partial charge in [0.25, 0.3) is 5.91 Å². The maximum absolute atomic E-state index is 13.2. The summed E-state index contributed by atoms with van der Waals surface area (Å²) in [4.78, 5) is 25.9. The first-order valence-electron chi connectivity index (χ1n) is 8.92. The van der Waals surface area contributed by atoms with Gasteiger partial charge in [-0.15, -0.1) is 0 Å². The van der Waals surface area contributed by atoms with E-state index in [4.69, 9.17) is 0 Å². The number of carbonyl (C=O) groups is 1. The predicted octanol–water partition coefficient (Wildman–Crippen LogP) is 3.67. The number of pyridine rings is 2. The van der Waals surface area contributed by atoms with E-state index in [9.17, 15) is 4.79 Å². The largest absolute Gasteiger partial charge is 0.363 e. The molecule has 1 amide bonds. The first kappa shape index (κ1) is 16.5. The average molecular weight is 346 g/mol. The van der Waals surface area contributed by atoms with Crippen molar-refractivity contribution in [2.45, 2.75) is 18.9 Å². The highest BCUT2D eigenvalue weighted by atomic mass is 16.2. The summed E-state index contributed by atoms with van der Waals surface area (Å²) in [5.74, 6) is 1.00. The van der Waals surface area contributed by atoms with E-state index in [1.54, 1.807) is 6.20 Å². The van der Waals surface area contributed by atoms with Gasteiger partial charge >= 0.3 is 0 Å². The molecule has 0 aliphatic carbocycles. The maximum Gasteiger partial charge on any atom is 0.254 e. The van der Waals surface area contributed by atoms with Crippen LogP contribution in [0.2, 0.25) is 0 Å². The van der Waals surface area contributed by atoms with Crippen LogP contribution in [-0.4, -0.2) is 41.4 Å². The molecule has 0 spiro atoms. The molecule has 0 N–H and O–H groups in total. The van der Waals surface area contributed by atoms with E-state index in [1.807, 2.05) is 66.5 Å². The van der Waals surface area contributed by atoms with Crippen molar-refractivity contribution in [2.24, 2.45) is 0 Å². The Bertz CT molecular complexity index is 953. The Labute approximate surface area is 153 Å². The van der Waals surface area contributed by atoms with E-state index in [1.165, 1.54) is 0 Å². The molecule has 4 rings (SSSR count). The van der Waals surface area contributed by atoms with Gasteiger partial charge in [0.05, 0.1) is 11.6 Å². The lowest BCUT2D eigenvalue weighted by Gasteiger charge is -2.26. The van der Waals surface area contributed by atoms with Crippen LogP contribution in [0.3, 0.4) is 0 Å². The molecule has 0 saturated carbocycles. The van der Waals surface area contributed by atoms with Crippen LogP contribution in [0.5, 0.6) is 0 Å². The number of nitrogens with zero attached hydrogens (tertiary/aromatic N) is 4. The zero-order valence-corrected chi connectivity index (χ0v) is 15.1. The molecule has 0 radical (unpaired) electrons. The molecule has 5 heteroatoms. The summed E-state index contributed by atoms with van der Waals surface area (Å²) < 4.78 is 0. The van der Waals surface area contributed by atoms with E-state index in [-0.39, 0.29) is 11.9 Å². The number of rotatable bonds is 3. The third-order valence-electron chi connectivity index (χ3n) is 4.98. The summed E-state index contributed by atoms with van der Waals surface area (Å²) in [5, 5.41) is 0.993. The van der Waals surface area contributed by atoms with Crippen LogP contribution >= 0.6 is 0 Å². The molecule has 1 fully saturated rings. The minimum absolute atomic E-state index is 0.0847. The van der Waals surface area contributed by atoms with Crippen LogP contribution in [0.15, 0.2) is 54.9 Å². The molecule has 1 aliphatic rings. The zero-order chi connectivity index (χ0) is 18.1. The van der Waals surface area contributed by atoms with Crippen LogP contribution < -0.4 is 4.90 Å². The van der Waals surface area contributed by atoms with Gasteiger partial charge in [-0.2, -0.15) is 0 Å². The molecule has 1 saturated heterocycles. The molecule has 26 heavy (non-hydrogen) atoms. The van der Waals surface area contributed by atoms with Gasteiger partial charge in [-0.3, -0.25) is 9.78 Å². The van der Waals surface area contributed by atoms with Crippen LogP contribution in [-0.2, 0) is 0 Å². The molecular weight excluding hydrogens is 324 g/mol. The van der Waals surface area contributed by atoms with E-state index >= 15 is 0 Å². The van der Waals surface area contributed by atoms with Crippen molar-refractivity contribution in [3.8, 4) is 0 Å². The fourth-order valence-corrected chi connectivity index (χ4v) is 3.62. The summed E-state index contributed by atoms with van der Waals surface area (Å²) in [6.07, 6.45) is 5.60. The van der Waals surface area contributed by atoms with E-state index in [0.717, 1.165) is 47.2 Å². The zero-order valence-electron chi connectivity index (χ0n) is 15.1. The van der Waals surface area contributed by atoms with Gasteiger partial charge in [0.1, 0.15) is 5.82 Å². The molecule has 0 bridgehead atoms. The first-order valence-corrected chi connectivity index (χ1v) is 8.92. The lowest BCUT2D eigenvalue weighted by Crippen LogP contribution is -2.30. The maximum atomic E-state index is 13.2. The Morgan fingerprint density at radius 3 is 2.85 bits per heavy atom. The monoisotopic (exact) mass is 346 g/mol. The van der Waals surface area contributed by atoms with Crippen molar-refractivity contribution in [1.29, 1.82) is 0 Å². The molecule has 132 valence electrons. The Kier molecular flexibility index (Phi) is 4.29. The summed E-state index contributed by atoms with van der Waals surface area (Å²) in [5.41, 5.74) is 2.78. The number of hydrogen-bond donors (Lipinski definition) is 0. The van der Waals surface area contributed by atoms with Gasteiger partial charge in [-0.1, -0.05) is 6.07 Å². The highest BCUT2D eigenvalue weighted by molar-refractivity contribution is 5.98. The standard InChI is InChI=1S/C21H22N4O/c1-24(2)20-14-16(9-11-23-20)19-6-4-12-25(19)21(26)17-7-8-18-15(13-17)5-3-10-22-18/h3,5,7-11,13-14,19H,4,6,12H2,1-2H3/t19-/m1/s1. The molecule has 1 aliphatic heterocycles. The summed E-state index contributed by atoms with van der Waals surface area (Å²) in [6.45, 7) is 0.786. The molecule has 5 nitrogen and oxygen atoms in total. The topological polar surface area (TPSA) is 49.3 Å². The summed E-state index contributed by atoms with van der Waals surface area (Å²) >= 11 is 0. The highest BCUT2D eigenvalue weighted by Crippen LogP contribution is 2.34. The van der Waals surface area contributed by atoms with Crippen LogP contribution in [0.1, 0.15) is 34.8 Å². The average Bonchev–Trinajstić information content (AvgIpc) is 3.17. The van der Waals surface area contributed by atoms with Gasteiger partial charge in [0.2, 0.25) is 0 Å². The van der Waals surface area contributed by atoms with Crippen LogP contribution in [0, 0.1) is 0 Å². The number of amides is 1. The van der Waals surface area contributed by atoms with Gasteiger partial charge in [0, 0.05) is 44.0 Å². The lowest BCUT2D eigenvalue weighted by molar-refractivity contribution is 0.0736. The number of aromatic nitrogens is 2. The van der Waals surface area contributed by atoms with Crippen LogP contribution in [0.25, 0.3) is 10.9 Å². The third kappa shape index (κ3) is 3.01. The Balaban J connectivity index is 1.65.